The molecule has 1 atom stereocenters. The molecule has 4 heteroatoms. The third-order valence-electron chi connectivity index (χ3n) is 5.36. The molecule has 1 aromatic heterocycles. The summed E-state index contributed by atoms with van der Waals surface area (Å²) in [7, 11) is 0. The summed E-state index contributed by atoms with van der Waals surface area (Å²) < 4.78 is 0. The number of hydrogen-bond donors (Lipinski definition) is 0. The predicted octanol–water partition coefficient (Wildman–Crippen LogP) is 4.51. The van der Waals surface area contributed by atoms with E-state index in [0.717, 1.165) is 16.6 Å². The highest BCUT2D eigenvalue weighted by Crippen LogP contribution is 2.29. The Morgan fingerprint density at radius 2 is 1.61 bits per heavy atom. The summed E-state index contributed by atoms with van der Waals surface area (Å²) in [6.07, 6.45) is 0.696. The number of fused-ring (bicyclic) bond motifs is 3. The zero-order valence-electron chi connectivity index (χ0n) is 15.2. The molecule has 4 aromatic rings. The molecule has 1 fully saturated rings. The van der Waals surface area contributed by atoms with Crippen molar-refractivity contribution in [3.8, 4) is 0 Å². The number of imide groups is 1. The summed E-state index contributed by atoms with van der Waals surface area (Å²) in [5.41, 5.74) is 2.38. The highest BCUT2D eigenvalue weighted by Gasteiger charge is 2.39. The number of rotatable bonds is 3. The second-order valence-corrected chi connectivity index (χ2v) is 7.16. The Kier molecular flexibility index (Phi) is 3.90. The molecular weight excluding hydrogens is 348 g/mol. The van der Waals surface area contributed by atoms with Crippen LogP contribution in [0.2, 0.25) is 0 Å². The van der Waals surface area contributed by atoms with Crippen molar-refractivity contribution >= 4 is 39.2 Å². The van der Waals surface area contributed by atoms with Crippen molar-refractivity contribution in [1.29, 1.82) is 0 Å². The smallest absolute Gasteiger partial charge is 0.237 e. The number of anilines is 1. The first-order valence-corrected chi connectivity index (χ1v) is 9.40. The van der Waals surface area contributed by atoms with Crippen molar-refractivity contribution < 1.29 is 9.59 Å². The zero-order valence-corrected chi connectivity index (χ0v) is 15.2. The van der Waals surface area contributed by atoms with Gasteiger partial charge in [-0.1, -0.05) is 54.6 Å². The van der Waals surface area contributed by atoms with E-state index in [2.05, 4.69) is 24.3 Å². The average Bonchev–Trinajstić information content (AvgIpc) is 3.01. The van der Waals surface area contributed by atoms with E-state index in [1.165, 1.54) is 15.7 Å². The van der Waals surface area contributed by atoms with Crippen LogP contribution in [0.25, 0.3) is 21.7 Å². The van der Waals surface area contributed by atoms with Crippen LogP contribution in [-0.2, 0) is 16.0 Å². The Bertz CT molecular complexity index is 1220. The van der Waals surface area contributed by atoms with Crippen LogP contribution in [0, 0.1) is 5.92 Å². The monoisotopic (exact) mass is 366 g/mol. The lowest BCUT2D eigenvalue weighted by Crippen LogP contribution is -2.30. The number of nitrogens with zero attached hydrogens (tertiary/aromatic N) is 2. The first-order valence-electron chi connectivity index (χ1n) is 9.40. The van der Waals surface area contributed by atoms with Crippen molar-refractivity contribution in [3.05, 3.63) is 84.6 Å². The largest absolute Gasteiger partial charge is 0.274 e. The molecule has 2 heterocycles. The van der Waals surface area contributed by atoms with Crippen LogP contribution in [0.3, 0.4) is 0 Å². The fraction of sp³-hybridized carbons (Fsp3) is 0.125. The van der Waals surface area contributed by atoms with Gasteiger partial charge in [0.1, 0.15) is 0 Å². The van der Waals surface area contributed by atoms with E-state index in [0.29, 0.717) is 12.1 Å². The number of hydrogen-bond acceptors (Lipinski definition) is 3. The molecule has 4 nitrogen and oxygen atoms in total. The van der Waals surface area contributed by atoms with Crippen molar-refractivity contribution in [1.82, 2.24) is 4.98 Å². The van der Waals surface area contributed by atoms with Gasteiger partial charge < -0.3 is 0 Å². The molecule has 0 spiro atoms. The van der Waals surface area contributed by atoms with E-state index in [4.69, 9.17) is 4.98 Å². The molecule has 3 aromatic carbocycles. The Labute approximate surface area is 162 Å². The standard InChI is InChI=1S/C24H18N2O2/c27-23-15-17(24(28)26(23)19-7-2-1-3-8-19)14-18-11-12-21-20-9-5-4-6-16(20)10-13-22(21)25-18/h1-13,17H,14-15H2. The number of aromatic nitrogens is 1. The quantitative estimate of drug-likeness (QED) is 0.396. The first kappa shape index (κ1) is 16.6. The second-order valence-electron chi connectivity index (χ2n) is 7.16. The van der Waals surface area contributed by atoms with E-state index < -0.39 is 0 Å². The minimum Gasteiger partial charge on any atom is -0.274 e. The molecular formula is C24H18N2O2. The van der Waals surface area contributed by atoms with Crippen molar-refractivity contribution in [3.63, 3.8) is 0 Å². The SMILES string of the molecule is O=C1CC(Cc2ccc3c(ccc4ccccc43)n2)C(=O)N1c1ccccc1. The molecule has 1 aliphatic rings. The summed E-state index contributed by atoms with van der Waals surface area (Å²) >= 11 is 0. The second kappa shape index (κ2) is 6.57. The van der Waals surface area contributed by atoms with Gasteiger partial charge in [-0.3, -0.25) is 19.5 Å². The summed E-state index contributed by atoms with van der Waals surface area (Å²) in [6, 6.07) is 25.5. The Balaban J connectivity index is 1.44. The van der Waals surface area contributed by atoms with Crippen LogP contribution in [0.5, 0.6) is 0 Å². The summed E-state index contributed by atoms with van der Waals surface area (Å²) in [5.74, 6) is -0.650. The summed E-state index contributed by atoms with van der Waals surface area (Å²) in [6.45, 7) is 0. The van der Waals surface area contributed by atoms with E-state index in [1.54, 1.807) is 12.1 Å². The van der Waals surface area contributed by atoms with E-state index >= 15 is 0 Å². The number of benzene rings is 3. The third kappa shape index (κ3) is 2.74. The van der Waals surface area contributed by atoms with Crippen LogP contribution < -0.4 is 4.90 Å². The molecule has 0 radical (unpaired) electrons. The zero-order chi connectivity index (χ0) is 19.1. The Morgan fingerprint density at radius 1 is 0.821 bits per heavy atom. The maximum absolute atomic E-state index is 12.8. The molecule has 1 aliphatic heterocycles. The minimum atomic E-state index is -0.363. The lowest BCUT2D eigenvalue weighted by molar-refractivity contribution is -0.122. The van der Waals surface area contributed by atoms with Gasteiger partial charge >= 0.3 is 0 Å². The van der Waals surface area contributed by atoms with Gasteiger partial charge in [-0.15, -0.1) is 0 Å². The lowest BCUT2D eigenvalue weighted by Gasteiger charge is -2.15. The maximum atomic E-state index is 12.8. The van der Waals surface area contributed by atoms with Crippen molar-refractivity contribution in [2.24, 2.45) is 5.92 Å². The fourth-order valence-electron chi connectivity index (χ4n) is 4.00. The molecule has 2 amide bonds. The topological polar surface area (TPSA) is 50.3 Å². The molecule has 136 valence electrons. The average molecular weight is 366 g/mol. The van der Waals surface area contributed by atoms with Gasteiger partial charge in [0.05, 0.1) is 17.1 Å². The van der Waals surface area contributed by atoms with Gasteiger partial charge in [0, 0.05) is 23.9 Å². The van der Waals surface area contributed by atoms with Gasteiger partial charge in [-0.2, -0.15) is 0 Å². The molecule has 0 saturated carbocycles. The molecule has 0 bridgehead atoms. The summed E-state index contributed by atoms with van der Waals surface area (Å²) in [4.78, 5) is 31.3. The van der Waals surface area contributed by atoms with Gasteiger partial charge in [-0.05, 0) is 35.0 Å². The van der Waals surface area contributed by atoms with Gasteiger partial charge in [0.2, 0.25) is 11.8 Å². The number of carbonyl (C=O) groups is 2. The van der Waals surface area contributed by atoms with Gasteiger partial charge in [0.25, 0.3) is 0 Å². The van der Waals surface area contributed by atoms with Crippen molar-refractivity contribution in [2.45, 2.75) is 12.8 Å². The number of pyridine rings is 1. The van der Waals surface area contributed by atoms with Crippen LogP contribution >= 0.6 is 0 Å². The number of para-hydroxylation sites is 1. The molecule has 0 N–H and O–H groups in total. The van der Waals surface area contributed by atoms with Crippen LogP contribution in [0.1, 0.15) is 12.1 Å². The predicted molar refractivity (Wildman–Crippen MR) is 110 cm³/mol. The van der Waals surface area contributed by atoms with Crippen LogP contribution in [-0.4, -0.2) is 16.8 Å². The normalized spacial score (nSPS) is 17.0. The lowest BCUT2D eigenvalue weighted by atomic mass is 9.99. The molecule has 0 aliphatic carbocycles. The molecule has 1 saturated heterocycles. The minimum absolute atomic E-state index is 0.142. The molecule has 28 heavy (non-hydrogen) atoms. The fourth-order valence-corrected chi connectivity index (χ4v) is 4.00. The van der Waals surface area contributed by atoms with E-state index in [9.17, 15) is 9.59 Å². The third-order valence-corrected chi connectivity index (χ3v) is 5.36. The number of amides is 2. The highest BCUT2D eigenvalue weighted by molar-refractivity contribution is 6.21. The van der Waals surface area contributed by atoms with E-state index in [1.807, 2.05) is 42.5 Å². The molecule has 1 unspecified atom stereocenters. The van der Waals surface area contributed by atoms with Gasteiger partial charge in [0.15, 0.2) is 0 Å². The van der Waals surface area contributed by atoms with Crippen LogP contribution in [0.4, 0.5) is 5.69 Å². The number of carbonyl (C=O) groups excluding carboxylic acids is 2. The maximum Gasteiger partial charge on any atom is 0.237 e. The van der Waals surface area contributed by atoms with Crippen molar-refractivity contribution in [2.75, 3.05) is 4.90 Å². The van der Waals surface area contributed by atoms with Gasteiger partial charge in [-0.25, -0.2) is 0 Å². The molecule has 5 rings (SSSR count). The summed E-state index contributed by atoms with van der Waals surface area (Å²) in [5, 5.41) is 3.45. The highest BCUT2D eigenvalue weighted by atomic mass is 16.2. The van der Waals surface area contributed by atoms with Crippen LogP contribution in [0.15, 0.2) is 78.9 Å². The Hall–Kier alpha value is -3.53. The first-order chi connectivity index (χ1) is 13.7. The Morgan fingerprint density at radius 3 is 2.46 bits per heavy atom. The van der Waals surface area contributed by atoms with E-state index in [-0.39, 0.29) is 24.2 Å².